The fraction of sp³-hybridized carbons (Fsp3) is 0.360. The van der Waals surface area contributed by atoms with E-state index in [1.165, 1.54) is 12.1 Å². The molecule has 180 valence electrons. The number of nitrogens with one attached hydrogen (secondary N) is 2. The molecule has 3 aromatic rings. The summed E-state index contributed by atoms with van der Waals surface area (Å²) < 4.78 is 20.3. The van der Waals surface area contributed by atoms with Crippen molar-refractivity contribution in [2.75, 3.05) is 12.4 Å². The lowest BCUT2D eigenvalue weighted by Crippen LogP contribution is -2.45. The summed E-state index contributed by atoms with van der Waals surface area (Å²) in [5.74, 6) is 0.128. The number of carbonyl (C=O) groups is 2. The molecule has 8 nitrogen and oxygen atoms in total. The second-order valence-electron chi connectivity index (χ2n) is 9.00. The lowest BCUT2D eigenvalue weighted by atomic mass is 9.99. The Morgan fingerprint density at radius 2 is 1.85 bits per heavy atom. The average Bonchev–Trinajstić information content (AvgIpc) is 3.13. The predicted octanol–water partition coefficient (Wildman–Crippen LogP) is 3.91. The number of aryl methyl sites for hydroxylation is 1. The zero-order valence-corrected chi connectivity index (χ0v) is 20.1. The Kier molecular flexibility index (Phi) is 7.65. The third-order valence-corrected chi connectivity index (χ3v) is 5.08. The number of nitrogens with zero attached hydrogens (tertiary/aromatic N) is 3. The zero-order chi connectivity index (χ0) is 24.9. The molecule has 0 bridgehead atoms. The van der Waals surface area contributed by atoms with E-state index in [0.717, 1.165) is 11.1 Å². The van der Waals surface area contributed by atoms with Gasteiger partial charge in [-0.05, 0) is 63.1 Å². The Morgan fingerprint density at radius 3 is 2.50 bits per heavy atom. The van der Waals surface area contributed by atoms with Gasteiger partial charge in [0.15, 0.2) is 5.78 Å². The van der Waals surface area contributed by atoms with Gasteiger partial charge in [0.05, 0.1) is 18.2 Å². The Balaban J connectivity index is 1.80. The molecule has 3 rings (SSSR count). The first-order valence-corrected chi connectivity index (χ1v) is 11.0. The second-order valence-corrected chi connectivity index (χ2v) is 9.00. The van der Waals surface area contributed by atoms with Gasteiger partial charge in [-0.1, -0.05) is 12.1 Å². The van der Waals surface area contributed by atoms with E-state index in [1.807, 2.05) is 18.2 Å². The summed E-state index contributed by atoms with van der Waals surface area (Å²) >= 11 is 0. The smallest absolute Gasteiger partial charge is 0.408 e. The van der Waals surface area contributed by atoms with Crippen molar-refractivity contribution < 1.29 is 18.7 Å². The molecule has 1 amide bonds. The van der Waals surface area contributed by atoms with Crippen LogP contribution >= 0.6 is 0 Å². The number of halogens is 1. The van der Waals surface area contributed by atoms with Crippen LogP contribution in [0.15, 0.2) is 48.7 Å². The number of hydrogen-bond donors (Lipinski definition) is 2. The number of amides is 1. The van der Waals surface area contributed by atoms with Crippen molar-refractivity contribution in [1.82, 2.24) is 20.1 Å². The lowest BCUT2D eigenvalue weighted by Gasteiger charge is -2.23. The Morgan fingerprint density at radius 1 is 1.15 bits per heavy atom. The number of benzene rings is 1. The number of hydrogen-bond acceptors (Lipinski definition) is 6. The molecule has 34 heavy (non-hydrogen) atoms. The highest BCUT2D eigenvalue weighted by atomic mass is 19.1. The molecule has 0 saturated carbocycles. The normalized spacial score (nSPS) is 12.2. The summed E-state index contributed by atoms with van der Waals surface area (Å²) in [4.78, 5) is 29.9. The second kappa shape index (κ2) is 10.5. The topological polar surface area (TPSA) is 98.1 Å². The Labute approximate surface area is 198 Å². The average molecular weight is 468 g/mol. The Hall–Kier alpha value is -3.75. The van der Waals surface area contributed by atoms with Crippen molar-refractivity contribution in [2.45, 2.75) is 45.3 Å². The summed E-state index contributed by atoms with van der Waals surface area (Å²) in [6.45, 7) is 5.25. The highest BCUT2D eigenvalue weighted by Crippen LogP contribution is 2.21. The van der Waals surface area contributed by atoms with Crippen LogP contribution < -0.4 is 10.6 Å². The highest BCUT2D eigenvalue weighted by Gasteiger charge is 2.26. The molecule has 0 spiro atoms. The van der Waals surface area contributed by atoms with Gasteiger partial charge in [0.25, 0.3) is 0 Å². The quantitative estimate of drug-likeness (QED) is 0.521. The van der Waals surface area contributed by atoms with Gasteiger partial charge in [0.2, 0.25) is 0 Å². The minimum atomic E-state index is -0.851. The van der Waals surface area contributed by atoms with Crippen molar-refractivity contribution in [3.05, 3.63) is 65.7 Å². The number of ketones is 1. The van der Waals surface area contributed by atoms with Crippen LogP contribution in [0.3, 0.4) is 0 Å². The van der Waals surface area contributed by atoms with Crippen LogP contribution in [0, 0.1) is 5.82 Å². The molecule has 1 atom stereocenters. The fourth-order valence-electron chi connectivity index (χ4n) is 3.39. The van der Waals surface area contributed by atoms with Crippen LogP contribution in [0.2, 0.25) is 0 Å². The van der Waals surface area contributed by atoms with E-state index in [9.17, 15) is 14.0 Å². The third kappa shape index (κ3) is 6.87. The summed E-state index contributed by atoms with van der Waals surface area (Å²) in [5, 5.41) is 10.2. The third-order valence-electron chi connectivity index (χ3n) is 5.08. The van der Waals surface area contributed by atoms with Gasteiger partial charge in [0, 0.05) is 31.5 Å². The first-order chi connectivity index (χ1) is 16.0. The largest absolute Gasteiger partial charge is 0.444 e. The molecule has 0 aliphatic rings. The van der Waals surface area contributed by atoms with Crippen molar-refractivity contribution in [2.24, 2.45) is 7.05 Å². The maximum Gasteiger partial charge on any atom is 0.408 e. The van der Waals surface area contributed by atoms with E-state index < -0.39 is 17.7 Å². The SMILES string of the molecule is CNc1cc(-c2cc(CC(=O)[C@H](Cc3ccc(F)cc3)NC(=O)OC(C)(C)C)n(C)n2)ccn1. The summed E-state index contributed by atoms with van der Waals surface area (Å²) in [5.41, 5.74) is 2.28. The molecule has 0 radical (unpaired) electrons. The van der Waals surface area contributed by atoms with Gasteiger partial charge in [-0.25, -0.2) is 14.2 Å². The van der Waals surface area contributed by atoms with E-state index in [1.54, 1.807) is 57.9 Å². The van der Waals surface area contributed by atoms with E-state index >= 15 is 0 Å². The maximum absolute atomic E-state index is 13.3. The van der Waals surface area contributed by atoms with Crippen LogP contribution in [0.1, 0.15) is 32.0 Å². The van der Waals surface area contributed by atoms with Gasteiger partial charge in [-0.2, -0.15) is 5.10 Å². The fourth-order valence-corrected chi connectivity index (χ4v) is 3.39. The lowest BCUT2D eigenvalue weighted by molar-refractivity contribution is -0.120. The molecule has 1 aromatic carbocycles. The van der Waals surface area contributed by atoms with Crippen LogP contribution in [0.5, 0.6) is 0 Å². The number of carbonyl (C=O) groups excluding carboxylic acids is 2. The number of aromatic nitrogens is 3. The number of rotatable bonds is 8. The van der Waals surface area contributed by atoms with Gasteiger partial charge < -0.3 is 15.4 Å². The molecule has 0 fully saturated rings. The molecular weight excluding hydrogens is 437 g/mol. The molecule has 2 heterocycles. The molecular formula is C25H30FN5O3. The number of anilines is 1. The van der Waals surface area contributed by atoms with Crippen molar-refractivity contribution in [3.8, 4) is 11.3 Å². The number of pyridine rings is 1. The first-order valence-electron chi connectivity index (χ1n) is 11.0. The maximum atomic E-state index is 13.3. The van der Waals surface area contributed by atoms with Crippen LogP contribution in [-0.4, -0.2) is 45.3 Å². The number of ether oxygens (including phenoxy) is 1. The molecule has 0 saturated heterocycles. The molecule has 2 aromatic heterocycles. The van der Waals surface area contributed by atoms with E-state index in [-0.39, 0.29) is 24.4 Å². The van der Waals surface area contributed by atoms with Crippen LogP contribution in [0.4, 0.5) is 15.0 Å². The van der Waals surface area contributed by atoms with E-state index in [2.05, 4.69) is 20.7 Å². The monoisotopic (exact) mass is 467 g/mol. The van der Waals surface area contributed by atoms with Gasteiger partial charge >= 0.3 is 6.09 Å². The summed E-state index contributed by atoms with van der Waals surface area (Å²) in [6, 6.07) is 10.5. The van der Waals surface area contributed by atoms with Gasteiger partial charge in [-0.15, -0.1) is 0 Å². The molecule has 0 aliphatic heterocycles. The summed E-state index contributed by atoms with van der Waals surface area (Å²) in [6.07, 6.45) is 1.26. The summed E-state index contributed by atoms with van der Waals surface area (Å²) in [7, 11) is 3.55. The van der Waals surface area contributed by atoms with Crippen LogP contribution in [-0.2, 0) is 29.4 Å². The van der Waals surface area contributed by atoms with Gasteiger partial charge in [0.1, 0.15) is 17.2 Å². The molecule has 0 unspecified atom stereocenters. The van der Waals surface area contributed by atoms with Crippen molar-refractivity contribution in [3.63, 3.8) is 0 Å². The molecule has 0 aliphatic carbocycles. The minimum Gasteiger partial charge on any atom is -0.444 e. The Bertz CT molecular complexity index is 1150. The first kappa shape index (κ1) is 24.9. The molecule has 2 N–H and O–H groups in total. The number of alkyl carbamates (subject to hydrolysis) is 1. The van der Waals surface area contributed by atoms with Gasteiger partial charge in [-0.3, -0.25) is 9.48 Å². The van der Waals surface area contributed by atoms with Crippen molar-refractivity contribution in [1.29, 1.82) is 0 Å². The zero-order valence-electron chi connectivity index (χ0n) is 20.1. The van der Waals surface area contributed by atoms with E-state index in [0.29, 0.717) is 17.2 Å². The van der Waals surface area contributed by atoms with E-state index in [4.69, 9.17) is 4.74 Å². The standard InChI is InChI=1S/C25H30FN5O3/c1-25(2,3)34-24(33)29-21(12-16-6-8-18(26)9-7-16)22(32)15-19-14-20(30-31(19)5)17-10-11-28-23(13-17)27-4/h6-11,13-14,21H,12,15H2,1-5H3,(H,27,28)(H,29,33)/t21-/m0/s1. The minimum absolute atomic E-state index is 0.0507. The van der Waals surface area contributed by atoms with Crippen LogP contribution in [0.25, 0.3) is 11.3 Å². The van der Waals surface area contributed by atoms with Crippen molar-refractivity contribution >= 4 is 17.7 Å². The molecule has 9 heteroatoms. The highest BCUT2D eigenvalue weighted by molar-refractivity contribution is 5.89. The number of Topliss-reactive ketones (excluding diaryl/α,β-unsaturated/α-hetero) is 1. The predicted molar refractivity (Wildman–Crippen MR) is 128 cm³/mol.